The third kappa shape index (κ3) is 2.63. The number of hydrogen-bond acceptors (Lipinski definition) is 3. The van der Waals surface area contributed by atoms with Gasteiger partial charge in [-0.3, -0.25) is 4.79 Å². The predicted molar refractivity (Wildman–Crippen MR) is 98.1 cm³/mol. The van der Waals surface area contributed by atoms with Gasteiger partial charge in [0, 0.05) is 29.5 Å². The molecular weight excluding hydrogens is 318 g/mol. The Morgan fingerprint density at radius 2 is 1.96 bits per heavy atom. The van der Waals surface area contributed by atoms with Gasteiger partial charge in [0.15, 0.2) is 0 Å². The molecule has 0 atom stereocenters. The highest BCUT2D eigenvalue weighted by molar-refractivity contribution is 7.21. The number of rotatable bonds is 3. The number of nitrogens with one attached hydrogen (secondary N) is 1. The lowest BCUT2D eigenvalue weighted by molar-refractivity contribution is 0.0942. The zero-order chi connectivity index (χ0) is 16.7. The number of carbonyl (C=O) groups is 1. The van der Waals surface area contributed by atoms with Gasteiger partial charge < -0.3 is 9.88 Å². The number of thiophene rings is 1. The smallest absolute Gasteiger partial charge is 0.263 e. The van der Waals surface area contributed by atoms with Crippen LogP contribution in [0.3, 0.4) is 0 Å². The second kappa shape index (κ2) is 6.06. The SMILES string of the molecule is Cc1cc(C)c2c(-n3cccc3)c(C(=O)NC3CCCC3)sc2n1. The predicted octanol–water partition coefficient (Wildman–Crippen LogP) is 4.38. The van der Waals surface area contributed by atoms with Crippen molar-refractivity contribution in [2.24, 2.45) is 0 Å². The topological polar surface area (TPSA) is 46.9 Å². The summed E-state index contributed by atoms with van der Waals surface area (Å²) in [5.74, 6) is 0.0330. The molecule has 1 N–H and O–H groups in total. The summed E-state index contributed by atoms with van der Waals surface area (Å²) < 4.78 is 2.03. The molecule has 0 saturated heterocycles. The maximum absolute atomic E-state index is 12.9. The fraction of sp³-hybridized carbons (Fsp3) is 0.368. The minimum absolute atomic E-state index is 0.0330. The zero-order valence-electron chi connectivity index (χ0n) is 14.0. The van der Waals surface area contributed by atoms with Crippen LogP contribution in [0.25, 0.3) is 15.9 Å². The van der Waals surface area contributed by atoms with E-state index in [9.17, 15) is 4.79 Å². The molecule has 24 heavy (non-hydrogen) atoms. The van der Waals surface area contributed by atoms with E-state index in [1.54, 1.807) is 0 Å². The number of nitrogens with zero attached hydrogens (tertiary/aromatic N) is 2. The number of fused-ring (bicyclic) bond motifs is 1. The number of amides is 1. The van der Waals surface area contributed by atoms with Crippen molar-refractivity contribution in [3.05, 3.63) is 46.7 Å². The van der Waals surface area contributed by atoms with Crippen molar-refractivity contribution < 1.29 is 4.79 Å². The van der Waals surface area contributed by atoms with Gasteiger partial charge in [-0.1, -0.05) is 12.8 Å². The van der Waals surface area contributed by atoms with Crippen LogP contribution in [0.1, 0.15) is 46.6 Å². The monoisotopic (exact) mass is 339 g/mol. The molecule has 4 rings (SSSR count). The first-order valence-electron chi connectivity index (χ1n) is 8.48. The molecule has 5 heteroatoms. The Hall–Kier alpha value is -2.14. The first-order valence-corrected chi connectivity index (χ1v) is 9.30. The summed E-state index contributed by atoms with van der Waals surface area (Å²) >= 11 is 1.50. The average molecular weight is 339 g/mol. The van der Waals surface area contributed by atoms with E-state index in [-0.39, 0.29) is 5.91 Å². The second-order valence-electron chi connectivity index (χ2n) is 6.59. The molecule has 0 aromatic carbocycles. The van der Waals surface area contributed by atoms with Crippen LogP contribution in [-0.2, 0) is 0 Å². The minimum atomic E-state index is 0.0330. The number of hydrogen-bond donors (Lipinski definition) is 1. The fourth-order valence-electron chi connectivity index (χ4n) is 3.63. The normalized spacial score (nSPS) is 15.2. The summed E-state index contributed by atoms with van der Waals surface area (Å²) in [6.07, 6.45) is 8.58. The van der Waals surface area contributed by atoms with Crippen LogP contribution in [0.4, 0.5) is 0 Å². The molecule has 0 bridgehead atoms. The summed E-state index contributed by atoms with van der Waals surface area (Å²) in [7, 11) is 0. The molecular formula is C19H21N3OS. The minimum Gasteiger partial charge on any atom is -0.349 e. The van der Waals surface area contributed by atoms with E-state index in [4.69, 9.17) is 0 Å². The molecule has 0 aliphatic heterocycles. The van der Waals surface area contributed by atoms with E-state index < -0.39 is 0 Å². The Kier molecular flexibility index (Phi) is 3.88. The molecule has 3 heterocycles. The van der Waals surface area contributed by atoms with E-state index >= 15 is 0 Å². The van der Waals surface area contributed by atoms with Crippen molar-refractivity contribution in [1.82, 2.24) is 14.9 Å². The Morgan fingerprint density at radius 1 is 1.25 bits per heavy atom. The molecule has 1 amide bonds. The van der Waals surface area contributed by atoms with Crippen LogP contribution in [0.5, 0.6) is 0 Å². The fourth-order valence-corrected chi connectivity index (χ4v) is 4.83. The summed E-state index contributed by atoms with van der Waals surface area (Å²) in [4.78, 5) is 19.3. The number of aromatic nitrogens is 2. The van der Waals surface area contributed by atoms with Gasteiger partial charge >= 0.3 is 0 Å². The Bertz CT molecular complexity index is 889. The second-order valence-corrected chi connectivity index (χ2v) is 7.58. The van der Waals surface area contributed by atoms with Gasteiger partial charge in [-0.15, -0.1) is 11.3 Å². The zero-order valence-corrected chi connectivity index (χ0v) is 14.8. The van der Waals surface area contributed by atoms with Crippen LogP contribution >= 0.6 is 11.3 Å². The van der Waals surface area contributed by atoms with Crippen molar-refractivity contribution in [2.75, 3.05) is 0 Å². The average Bonchev–Trinajstić information content (AvgIpc) is 3.26. The third-order valence-corrected chi connectivity index (χ3v) is 5.79. The maximum atomic E-state index is 12.9. The molecule has 0 unspecified atom stereocenters. The first-order chi connectivity index (χ1) is 11.6. The van der Waals surface area contributed by atoms with Crippen molar-refractivity contribution in [3.8, 4) is 5.69 Å². The maximum Gasteiger partial charge on any atom is 0.263 e. The molecule has 3 aromatic heterocycles. The molecule has 3 aromatic rings. The number of pyridine rings is 1. The van der Waals surface area contributed by atoms with E-state index in [1.165, 1.54) is 24.2 Å². The molecule has 1 fully saturated rings. The molecule has 1 aliphatic rings. The van der Waals surface area contributed by atoms with Crippen molar-refractivity contribution >= 4 is 27.5 Å². The van der Waals surface area contributed by atoms with Crippen molar-refractivity contribution in [3.63, 3.8) is 0 Å². The number of aryl methyl sites for hydroxylation is 2. The highest BCUT2D eigenvalue weighted by Gasteiger charge is 2.25. The third-order valence-electron chi connectivity index (χ3n) is 4.72. The van der Waals surface area contributed by atoms with Gasteiger partial charge in [0.2, 0.25) is 0 Å². The van der Waals surface area contributed by atoms with Crippen molar-refractivity contribution in [2.45, 2.75) is 45.6 Å². The molecule has 1 saturated carbocycles. The lowest BCUT2D eigenvalue weighted by Gasteiger charge is -2.12. The largest absolute Gasteiger partial charge is 0.349 e. The van der Waals surface area contributed by atoms with Gasteiger partial charge in [-0.05, 0) is 50.5 Å². The molecule has 124 valence electrons. The summed E-state index contributed by atoms with van der Waals surface area (Å²) in [6, 6.07) is 6.37. The summed E-state index contributed by atoms with van der Waals surface area (Å²) in [6.45, 7) is 4.09. The van der Waals surface area contributed by atoms with E-state index in [0.29, 0.717) is 6.04 Å². The highest BCUT2D eigenvalue weighted by Crippen LogP contribution is 2.36. The first kappa shape index (κ1) is 15.4. The molecule has 0 spiro atoms. The highest BCUT2D eigenvalue weighted by atomic mass is 32.1. The quantitative estimate of drug-likeness (QED) is 0.770. The van der Waals surface area contributed by atoms with Crippen LogP contribution in [0, 0.1) is 13.8 Å². The molecule has 4 nitrogen and oxygen atoms in total. The Morgan fingerprint density at radius 3 is 2.67 bits per heavy atom. The van der Waals surface area contributed by atoms with Gasteiger partial charge in [0.05, 0.1) is 5.69 Å². The van der Waals surface area contributed by atoms with Gasteiger partial charge in [-0.25, -0.2) is 4.98 Å². The molecule has 1 aliphatic carbocycles. The van der Waals surface area contributed by atoms with Gasteiger partial charge in [0.1, 0.15) is 9.71 Å². The lowest BCUT2D eigenvalue weighted by Crippen LogP contribution is -2.32. The Labute approximate surface area is 145 Å². The van der Waals surface area contributed by atoms with E-state index in [0.717, 1.165) is 44.9 Å². The van der Waals surface area contributed by atoms with E-state index in [2.05, 4.69) is 23.3 Å². The van der Waals surface area contributed by atoms with Crippen LogP contribution in [0.15, 0.2) is 30.6 Å². The molecule has 0 radical (unpaired) electrons. The van der Waals surface area contributed by atoms with Gasteiger partial charge in [0.25, 0.3) is 5.91 Å². The summed E-state index contributed by atoms with van der Waals surface area (Å²) in [5, 5.41) is 4.30. The van der Waals surface area contributed by atoms with Gasteiger partial charge in [-0.2, -0.15) is 0 Å². The van der Waals surface area contributed by atoms with E-state index in [1.807, 2.05) is 36.0 Å². The van der Waals surface area contributed by atoms with Crippen LogP contribution < -0.4 is 5.32 Å². The van der Waals surface area contributed by atoms with Crippen LogP contribution in [0.2, 0.25) is 0 Å². The van der Waals surface area contributed by atoms with Crippen LogP contribution in [-0.4, -0.2) is 21.5 Å². The summed E-state index contributed by atoms with van der Waals surface area (Å²) in [5.41, 5.74) is 3.11. The Balaban J connectivity index is 1.86. The van der Waals surface area contributed by atoms with Crippen molar-refractivity contribution in [1.29, 1.82) is 0 Å². The standard InChI is InChI=1S/C19H21N3OS/c1-12-11-13(2)20-19-15(12)16(22-9-5-6-10-22)17(24-19)18(23)21-14-7-3-4-8-14/h5-6,9-11,14H,3-4,7-8H2,1-2H3,(H,21,23). The number of carbonyl (C=O) groups excluding carboxylic acids is 1. The lowest BCUT2D eigenvalue weighted by atomic mass is 10.1.